The number of nitrogens with one attached hydrogen (secondary N) is 1. The summed E-state index contributed by atoms with van der Waals surface area (Å²) in [5.74, 6) is 0.0150. The third-order valence-corrected chi connectivity index (χ3v) is 7.89. The summed E-state index contributed by atoms with van der Waals surface area (Å²) in [4.78, 5) is 21.6. The molecule has 2 aliphatic rings. The maximum absolute atomic E-state index is 14.1. The van der Waals surface area contributed by atoms with Gasteiger partial charge < -0.3 is 9.88 Å². The molecule has 0 aliphatic carbocycles. The molecule has 0 bridgehead atoms. The first-order valence-corrected chi connectivity index (χ1v) is 12.4. The topological polar surface area (TPSA) is 39.3 Å². The number of hydrogen-bond acceptors (Lipinski definition) is 2. The Bertz CT molecular complexity index is 1650. The number of halogens is 1. The molecule has 4 nitrogen and oxygen atoms in total. The SMILES string of the molecule is O=C1[C@H]2Cc3c([nH]c4ccccc34)[C@@H](c3ccc(Cl)cc3)N2C(=S)N1c1cccc2ccccc12. The summed E-state index contributed by atoms with van der Waals surface area (Å²) in [7, 11) is 0. The molecule has 1 aromatic heterocycles. The number of anilines is 1. The van der Waals surface area contributed by atoms with Gasteiger partial charge in [0.25, 0.3) is 5.91 Å². The predicted molar refractivity (Wildman–Crippen MR) is 145 cm³/mol. The monoisotopic (exact) mass is 493 g/mol. The maximum atomic E-state index is 14.1. The number of benzene rings is 4. The Kier molecular flexibility index (Phi) is 4.53. The molecule has 4 aromatic carbocycles. The van der Waals surface area contributed by atoms with Crippen LogP contribution in [0.2, 0.25) is 5.02 Å². The van der Waals surface area contributed by atoms with Crippen molar-refractivity contribution in [1.82, 2.24) is 9.88 Å². The minimum atomic E-state index is -0.381. The average molecular weight is 494 g/mol. The van der Waals surface area contributed by atoms with Gasteiger partial charge in [-0.3, -0.25) is 9.69 Å². The van der Waals surface area contributed by atoms with Gasteiger partial charge in [-0.05, 0) is 53.0 Å². The second kappa shape index (κ2) is 7.67. The van der Waals surface area contributed by atoms with Crippen LogP contribution in [0.5, 0.6) is 0 Å². The number of H-pyrrole nitrogens is 1. The van der Waals surface area contributed by atoms with Crippen LogP contribution in [0.15, 0.2) is 91.0 Å². The highest BCUT2D eigenvalue weighted by Gasteiger charge is 2.51. The molecule has 7 rings (SSSR count). The molecular formula is C29H20ClN3OS. The van der Waals surface area contributed by atoms with E-state index in [1.54, 1.807) is 4.90 Å². The number of aromatic nitrogens is 1. The molecule has 3 heterocycles. The van der Waals surface area contributed by atoms with Crippen molar-refractivity contribution >= 4 is 62.2 Å². The summed E-state index contributed by atoms with van der Waals surface area (Å²) in [5, 5.41) is 4.45. The Morgan fingerprint density at radius 2 is 1.57 bits per heavy atom. The van der Waals surface area contributed by atoms with E-state index in [2.05, 4.69) is 34.1 Å². The summed E-state index contributed by atoms with van der Waals surface area (Å²) < 4.78 is 0. The van der Waals surface area contributed by atoms with Crippen LogP contribution in [0.3, 0.4) is 0 Å². The number of thiocarbonyl (C=S) groups is 1. The summed E-state index contributed by atoms with van der Waals surface area (Å²) in [6.45, 7) is 0. The Hall–Kier alpha value is -3.67. The van der Waals surface area contributed by atoms with Crippen molar-refractivity contribution < 1.29 is 4.79 Å². The third-order valence-electron chi connectivity index (χ3n) is 7.24. The average Bonchev–Trinajstić information content (AvgIpc) is 3.38. The number of rotatable bonds is 2. The lowest BCUT2D eigenvalue weighted by Gasteiger charge is -2.37. The second-order valence-corrected chi connectivity index (χ2v) is 9.90. The van der Waals surface area contributed by atoms with Crippen molar-refractivity contribution in [2.45, 2.75) is 18.5 Å². The standard InChI is InChI=1S/C29H20ClN3OS/c30-19-14-12-18(13-15-19)27-26-22(21-9-3-4-10-23(21)31-26)16-25-28(34)33(29(35)32(25)27)24-11-5-7-17-6-1-2-8-20(17)24/h1-15,25,27,31H,16H2/t25-,27-/m1/s1. The lowest BCUT2D eigenvalue weighted by Crippen LogP contribution is -2.44. The van der Waals surface area contributed by atoms with Crippen molar-refractivity contribution in [2.75, 3.05) is 4.90 Å². The molecule has 35 heavy (non-hydrogen) atoms. The number of nitrogens with zero attached hydrogens (tertiary/aromatic N) is 2. The zero-order valence-corrected chi connectivity index (χ0v) is 20.2. The molecule has 0 spiro atoms. The smallest absolute Gasteiger partial charge is 0.256 e. The van der Waals surface area contributed by atoms with Gasteiger partial charge in [0, 0.05) is 33.4 Å². The van der Waals surface area contributed by atoms with Gasteiger partial charge in [0.1, 0.15) is 6.04 Å². The fourth-order valence-corrected chi connectivity index (χ4v) is 6.24. The van der Waals surface area contributed by atoms with E-state index in [-0.39, 0.29) is 18.0 Å². The predicted octanol–water partition coefficient (Wildman–Crippen LogP) is 6.62. The maximum Gasteiger partial charge on any atom is 0.256 e. The van der Waals surface area contributed by atoms with E-state index in [4.69, 9.17) is 23.8 Å². The van der Waals surface area contributed by atoms with E-state index < -0.39 is 0 Å². The fraction of sp³-hybridized carbons (Fsp3) is 0.103. The molecule has 1 saturated heterocycles. The largest absolute Gasteiger partial charge is 0.356 e. The number of aromatic amines is 1. The third kappa shape index (κ3) is 2.98. The lowest BCUT2D eigenvalue weighted by molar-refractivity contribution is -0.120. The van der Waals surface area contributed by atoms with Crippen molar-refractivity contribution in [3.05, 3.63) is 113 Å². The van der Waals surface area contributed by atoms with Crippen LogP contribution in [-0.2, 0) is 11.2 Å². The van der Waals surface area contributed by atoms with Gasteiger partial charge >= 0.3 is 0 Å². The number of carbonyl (C=O) groups is 1. The highest BCUT2D eigenvalue weighted by molar-refractivity contribution is 7.80. The van der Waals surface area contributed by atoms with Gasteiger partial charge in [-0.25, -0.2) is 0 Å². The summed E-state index contributed by atoms with van der Waals surface area (Å²) in [6, 6.07) is 29.7. The molecule has 1 N–H and O–H groups in total. The van der Waals surface area contributed by atoms with E-state index in [9.17, 15) is 4.79 Å². The molecule has 2 atom stereocenters. The number of hydrogen-bond donors (Lipinski definition) is 1. The molecular weight excluding hydrogens is 474 g/mol. The summed E-state index contributed by atoms with van der Waals surface area (Å²) in [6.07, 6.45) is 0.601. The number of para-hydroxylation sites is 1. The van der Waals surface area contributed by atoms with Crippen LogP contribution in [0.1, 0.15) is 22.9 Å². The van der Waals surface area contributed by atoms with Gasteiger partial charge in [-0.1, -0.05) is 78.3 Å². The van der Waals surface area contributed by atoms with Gasteiger partial charge in [0.05, 0.1) is 11.7 Å². The van der Waals surface area contributed by atoms with E-state index in [1.807, 2.05) is 66.7 Å². The highest BCUT2D eigenvalue weighted by Crippen LogP contribution is 2.45. The summed E-state index contributed by atoms with van der Waals surface area (Å²) >= 11 is 12.3. The number of carbonyl (C=O) groups excluding carboxylic acids is 1. The Labute approximate surface area is 212 Å². The van der Waals surface area contributed by atoms with Gasteiger partial charge in [0.15, 0.2) is 5.11 Å². The first-order valence-electron chi connectivity index (χ1n) is 11.6. The number of amides is 1. The molecule has 6 heteroatoms. The van der Waals surface area contributed by atoms with Crippen molar-refractivity contribution in [3.63, 3.8) is 0 Å². The molecule has 2 aliphatic heterocycles. The number of fused-ring (bicyclic) bond motifs is 5. The van der Waals surface area contributed by atoms with Crippen LogP contribution >= 0.6 is 23.8 Å². The van der Waals surface area contributed by atoms with Crippen molar-refractivity contribution in [3.8, 4) is 0 Å². The van der Waals surface area contributed by atoms with E-state index >= 15 is 0 Å². The minimum absolute atomic E-state index is 0.0150. The van der Waals surface area contributed by atoms with Crippen LogP contribution in [0.4, 0.5) is 5.69 Å². The molecule has 170 valence electrons. The molecule has 0 unspecified atom stereocenters. The van der Waals surface area contributed by atoms with Crippen LogP contribution in [0.25, 0.3) is 21.7 Å². The zero-order chi connectivity index (χ0) is 23.7. The Balaban J connectivity index is 1.43. The second-order valence-electron chi connectivity index (χ2n) is 9.10. The zero-order valence-electron chi connectivity index (χ0n) is 18.6. The van der Waals surface area contributed by atoms with Crippen LogP contribution < -0.4 is 4.90 Å². The van der Waals surface area contributed by atoms with Gasteiger partial charge in [0.2, 0.25) is 0 Å². The quantitative estimate of drug-likeness (QED) is 0.281. The molecule has 5 aromatic rings. The van der Waals surface area contributed by atoms with Crippen LogP contribution in [0, 0.1) is 0 Å². The molecule has 0 radical (unpaired) electrons. The Morgan fingerprint density at radius 3 is 2.40 bits per heavy atom. The van der Waals surface area contributed by atoms with Crippen molar-refractivity contribution in [2.24, 2.45) is 0 Å². The van der Waals surface area contributed by atoms with Crippen LogP contribution in [-0.4, -0.2) is 26.9 Å². The minimum Gasteiger partial charge on any atom is -0.356 e. The van der Waals surface area contributed by atoms with Gasteiger partial charge in [-0.15, -0.1) is 0 Å². The molecule has 0 saturated carbocycles. The first-order chi connectivity index (χ1) is 17.1. The first kappa shape index (κ1) is 20.7. The highest BCUT2D eigenvalue weighted by atomic mass is 35.5. The Morgan fingerprint density at radius 1 is 0.857 bits per heavy atom. The normalized spacial score (nSPS) is 19.5. The van der Waals surface area contributed by atoms with E-state index in [1.165, 1.54) is 5.56 Å². The lowest BCUT2D eigenvalue weighted by atomic mass is 9.89. The van der Waals surface area contributed by atoms with Gasteiger partial charge in [-0.2, -0.15) is 0 Å². The van der Waals surface area contributed by atoms with Crippen molar-refractivity contribution in [1.29, 1.82) is 0 Å². The van der Waals surface area contributed by atoms with E-state index in [0.29, 0.717) is 16.6 Å². The van der Waals surface area contributed by atoms with E-state index in [0.717, 1.165) is 38.6 Å². The summed E-state index contributed by atoms with van der Waals surface area (Å²) in [5.41, 5.74) is 5.21. The molecule has 1 amide bonds. The fourth-order valence-electron chi connectivity index (χ4n) is 5.69. The molecule has 1 fully saturated rings.